The summed E-state index contributed by atoms with van der Waals surface area (Å²) in [5.41, 5.74) is 0.536. The molecule has 0 unspecified atom stereocenters. The van der Waals surface area contributed by atoms with E-state index in [-0.39, 0.29) is 10.8 Å². The van der Waals surface area contributed by atoms with Gasteiger partial charge >= 0.3 is 0 Å². The highest BCUT2D eigenvalue weighted by Gasteiger charge is 2.24. The van der Waals surface area contributed by atoms with Crippen molar-refractivity contribution >= 4 is 27.7 Å². The number of amides is 1. The van der Waals surface area contributed by atoms with Gasteiger partial charge < -0.3 is 9.73 Å². The molecule has 1 fully saturated rings. The molecule has 0 radical (unpaired) electrons. The van der Waals surface area contributed by atoms with Gasteiger partial charge in [-0.05, 0) is 55.3 Å². The summed E-state index contributed by atoms with van der Waals surface area (Å²) in [6.07, 6.45) is 8.39. The summed E-state index contributed by atoms with van der Waals surface area (Å²) < 4.78 is 32.1. The van der Waals surface area contributed by atoms with Crippen LogP contribution in [-0.4, -0.2) is 31.7 Å². The molecule has 1 N–H and O–H groups in total. The second kappa shape index (κ2) is 8.33. The average Bonchev–Trinajstić information content (AvgIpc) is 3.00. The summed E-state index contributed by atoms with van der Waals surface area (Å²) in [5.74, 6) is 0.267. The van der Waals surface area contributed by atoms with Gasteiger partial charge in [-0.15, -0.1) is 0 Å². The minimum Gasteiger partial charge on any atom is -0.465 e. The van der Waals surface area contributed by atoms with Crippen molar-refractivity contribution < 1.29 is 17.6 Å². The molecular weight excluding hydrogens is 352 g/mol. The first-order valence-corrected chi connectivity index (χ1v) is 10.1. The van der Waals surface area contributed by atoms with Crippen LogP contribution in [0.2, 0.25) is 0 Å². The fourth-order valence-corrected chi connectivity index (χ4v) is 4.39. The summed E-state index contributed by atoms with van der Waals surface area (Å²) >= 11 is 0. The average molecular weight is 374 g/mol. The van der Waals surface area contributed by atoms with Gasteiger partial charge in [-0.2, -0.15) is 4.31 Å². The van der Waals surface area contributed by atoms with Gasteiger partial charge in [0.15, 0.2) is 0 Å². The molecule has 2 aromatic rings. The third kappa shape index (κ3) is 4.62. The summed E-state index contributed by atoms with van der Waals surface area (Å²) in [5, 5.41) is 2.70. The van der Waals surface area contributed by atoms with Crippen molar-refractivity contribution in [3.63, 3.8) is 0 Å². The minimum atomic E-state index is -3.48. The molecule has 6 nitrogen and oxygen atoms in total. The van der Waals surface area contributed by atoms with E-state index in [1.165, 1.54) is 24.5 Å². The minimum absolute atomic E-state index is 0.253. The Morgan fingerprint density at radius 1 is 1.04 bits per heavy atom. The quantitative estimate of drug-likeness (QED) is 0.813. The molecule has 2 heterocycles. The third-order valence-electron chi connectivity index (χ3n) is 4.27. The maximum Gasteiger partial charge on any atom is 0.248 e. The molecule has 1 aromatic carbocycles. The lowest BCUT2D eigenvalue weighted by molar-refractivity contribution is -0.111. The Morgan fingerprint density at radius 3 is 2.35 bits per heavy atom. The number of carbonyl (C=O) groups is 1. The smallest absolute Gasteiger partial charge is 0.248 e. The van der Waals surface area contributed by atoms with E-state index >= 15 is 0 Å². The van der Waals surface area contributed by atoms with E-state index in [2.05, 4.69) is 5.32 Å². The molecule has 7 heteroatoms. The Morgan fingerprint density at radius 2 is 1.73 bits per heavy atom. The number of furan rings is 1. The summed E-state index contributed by atoms with van der Waals surface area (Å²) in [6.45, 7) is 1.14. The zero-order chi connectivity index (χ0) is 18.4. The number of nitrogens with zero attached hydrogens (tertiary/aromatic N) is 1. The van der Waals surface area contributed by atoms with E-state index in [0.717, 1.165) is 25.7 Å². The van der Waals surface area contributed by atoms with E-state index in [9.17, 15) is 13.2 Å². The SMILES string of the molecule is O=C(C=Cc1ccco1)Nc1ccc(S(=O)(=O)N2CCCCCC2)cc1. The Kier molecular flexibility index (Phi) is 5.90. The summed E-state index contributed by atoms with van der Waals surface area (Å²) in [7, 11) is -3.48. The predicted octanol–water partition coefficient (Wildman–Crippen LogP) is 3.50. The lowest BCUT2D eigenvalue weighted by atomic mass is 10.2. The number of anilines is 1. The Bertz CT molecular complexity index is 847. The summed E-state index contributed by atoms with van der Waals surface area (Å²) in [4.78, 5) is 12.2. The number of hydrogen-bond acceptors (Lipinski definition) is 4. The van der Waals surface area contributed by atoms with Crippen LogP contribution in [0.3, 0.4) is 0 Å². The van der Waals surface area contributed by atoms with Crippen molar-refractivity contribution in [3.8, 4) is 0 Å². The molecule has 1 saturated heterocycles. The van der Waals surface area contributed by atoms with Gasteiger partial charge in [0.25, 0.3) is 0 Å². The van der Waals surface area contributed by atoms with Gasteiger partial charge in [0.05, 0.1) is 11.2 Å². The normalized spacial score (nSPS) is 16.5. The molecule has 0 spiro atoms. The first-order chi connectivity index (χ1) is 12.6. The molecule has 0 aliphatic carbocycles. The number of rotatable bonds is 5. The van der Waals surface area contributed by atoms with Crippen LogP contribution in [0.1, 0.15) is 31.4 Å². The molecule has 3 rings (SSSR count). The predicted molar refractivity (Wildman–Crippen MR) is 100 cm³/mol. The van der Waals surface area contributed by atoms with Crippen LogP contribution >= 0.6 is 0 Å². The molecule has 26 heavy (non-hydrogen) atoms. The Hall–Kier alpha value is -2.38. The monoisotopic (exact) mass is 374 g/mol. The highest BCUT2D eigenvalue weighted by Crippen LogP contribution is 2.21. The van der Waals surface area contributed by atoms with Crippen molar-refractivity contribution in [2.45, 2.75) is 30.6 Å². The second-order valence-corrected chi connectivity index (χ2v) is 8.12. The standard InChI is InChI=1S/C19H22N2O4S/c22-19(12-9-17-6-5-15-25-17)20-16-7-10-18(11-8-16)26(23,24)21-13-3-1-2-4-14-21/h5-12,15H,1-4,13-14H2,(H,20,22). The number of hydrogen-bond donors (Lipinski definition) is 1. The zero-order valence-electron chi connectivity index (χ0n) is 14.4. The number of sulfonamides is 1. The van der Waals surface area contributed by atoms with E-state index < -0.39 is 10.0 Å². The van der Waals surface area contributed by atoms with Crippen molar-refractivity contribution in [1.82, 2.24) is 4.31 Å². The molecule has 1 aromatic heterocycles. The van der Waals surface area contributed by atoms with Crippen LogP contribution in [0.4, 0.5) is 5.69 Å². The van der Waals surface area contributed by atoms with E-state index in [1.54, 1.807) is 34.6 Å². The first-order valence-electron chi connectivity index (χ1n) is 8.68. The fourth-order valence-electron chi connectivity index (χ4n) is 2.87. The molecule has 0 saturated carbocycles. The fraction of sp³-hybridized carbons (Fsp3) is 0.316. The Balaban J connectivity index is 1.65. The molecule has 1 amide bonds. The summed E-state index contributed by atoms with van der Waals surface area (Å²) in [6, 6.07) is 9.75. The van der Waals surface area contributed by atoms with Crippen LogP contribution in [0.5, 0.6) is 0 Å². The van der Waals surface area contributed by atoms with Crippen LogP contribution in [0.15, 0.2) is 58.1 Å². The van der Waals surface area contributed by atoms with Gasteiger partial charge in [-0.1, -0.05) is 12.8 Å². The third-order valence-corrected chi connectivity index (χ3v) is 6.18. The topological polar surface area (TPSA) is 79.6 Å². The zero-order valence-corrected chi connectivity index (χ0v) is 15.2. The van der Waals surface area contributed by atoms with Crippen molar-refractivity contribution in [2.24, 2.45) is 0 Å². The van der Waals surface area contributed by atoms with Crippen LogP contribution in [0, 0.1) is 0 Å². The molecule has 1 aliphatic heterocycles. The lowest BCUT2D eigenvalue weighted by Gasteiger charge is -2.20. The van der Waals surface area contributed by atoms with Crippen molar-refractivity contribution in [1.29, 1.82) is 0 Å². The van der Waals surface area contributed by atoms with E-state index in [1.807, 2.05) is 0 Å². The second-order valence-electron chi connectivity index (χ2n) is 6.18. The maximum absolute atomic E-state index is 12.7. The lowest BCUT2D eigenvalue weighted by Crippen LogP contribution is -2.31. The van der Waals surface area contributed by atoms with Crippen LogP contribution in [-0.2, 0) is 14.8 Å². The van der Waals surface area contributed by atoms with Crippen molar-refractivity contribution in [2.75, 3.05) is 18.4 Å². The van der Waals surface area contributed by atoms with Crippen LogP contribution in [0.25, 0.3) is 6.08 Å². The van der Waals surface area contributed by atoms with Gasteiger partial charge in [-0.25, -0.2) is 8.42 Å². The number of carbonyl (C=O) groups excluding carboxylic acids is 1. The van der Waals surface area contributed by atoms with Gasteiger partial charge in [0.1, 0.15) is 5.76 Å². The highest BCUT2D eigenvalue weighted by atomic mass is 32.2. The maximum atomic E-state index is 12.7. The molecule has 0 atom stereocenters. The van der Waals surface area contributed by atoms with Gasteiger partial charge in [0, 0.05) is 24.9 Å². The Labute approximate surface area is 153 Å². The molecular formula is C19H22N2O4S. The molecule has 0 bridgehead atoms. The van der Waals surface area contributed by atoms with Crippen LogP contribution < -0.4 is 5.32 Å². The van der Waals surface area contributed by atoms with Gasteiger partial charge in [-0.3, -0.25) is 4.79 Å². The highest BCUT2D eigenvalue weighted by molar-refractivity contribution is 7.89. The van der Waals surface area contributed by atoms with E-state index in [4.69, 9.17) is 4.42 Å². The molecule has 1 aliphatic rings. The van der Waals surface area contributed by atoms with Gasteiger partial charge in [0.2, 0.25) is 15.9 Å². The first kappa shape index (κ1) is 18.4. The largest absolute Gasteiger partial charge is 0.465 e. The van der Waals surface area contributed by atoms with E-state index in [0.29, 0.717) is 24.5 Å². The molecule has 138 valence electrons. The number of benzene rings is 1. The number of nitrogens with one attached hydrogen (secondary N) is 1. The van der Waals surface area contributed by atoms with Crippen molar-refractivity contribution in [3.05, 3.63) is 54.5 Å².